The summed E-state index contributed by atoms with van der Waals surface area (Å²) in [7, 11) is 4.85. The minimum atomic E-state index is -0.909. The second-order valence-corrected chi connectivity index (χ2v) is 12.4. The van der Waals surface area contributed by atoms with E-state index in [2.05, 4.69) is 41.8 Å². The van der Waals surface area contributed by atoms with Crippen molar-refractivity contribution in [2.45, 2.75) is 175 Å². The van der Waals surface area contributed by atoms with Crippen molar-refractivity contribution < 1.29 is 14.4 Å². The third-order valence-corrected chi connectivity index (χ3v) is 7.40. The Balaban J connectivity index is 0. The average molecular weight is 512 g/mol. The number of rotatable bonds is 26. The van der Waals surface area contributed by atoms with Gasteiger partial charge in [0.2, 0.25) is 0 Å². The highest BCUT2D eigenvalue weighted by atomic mass is 16.4. The number of aliphatic carboxylic acids is 1. The summed E-state index contributed by atoms with van der Waals surface area (Å²) in [6.45, 7) is 11.9. The van der Waals surface area contributed by atoms with Gasteiger partial charge in [0.1, 0.15) is 0 Å². The van der Waals surface area contributed by atoms with Gasteiger partial charge in [-0.15, -0.1) is 0 Å². The van der Waals surface area contributed by atoms with Crippen LogP contribution in [-0.2, 0) is 4.79 Å². The first kappa shape index (κ1) is 37.6. The predicted molar refractivity (Wildman–Crippen MR) is 159 cm³/mol. The largest absolute Gasteiger partial charge is 0.550 e. The Morgan fingerprint density at radius 1 is 0.556 bits per heavy atom. The zero-order chi connectivity index (χ0) is 27.3. The van der Waals surface area contributed by atoms with Crippen LogP contribution in [0.1, 0.15) is 175 Å². The van der Waals surface area contributed by atoms with Gasteiger partial charge >= 0.3 is 0 Å². The van der Waals surface area contributed by atoms with E-state index >= 15 is 0 Å². The molecule has 0 unspecified atom stereocenters. The van der Waals surface area contributed by atoms with Gasteiger partial charge in [-0.2, -0.15) is 0 Å². The van der Waals surface area contributed by atoms with Crippen LogP contribution in [0.25, 0.3) is 0 Å². The Hall–Kier alpha value is -0.570. The molecule has 0 atom stereocenters. The molecule has 36 heavy (non-hydrogen) atoms. The average Bonchev–Trinajstić information content (AvgIpc) is 2.82. The third kappa shape index (κ3) is 35.6. The van der Waals surface area contributed by atoms with Gasteiger partial charge in [-0.3, -0.25) is 0 Å². The lowest BCUT2D eigenvalue weighted by atomic mass is 10.0. The maximum absolute atomic E-state index is 10.1. The fraction of sp³-hybridized carbons (Fsp3) is 0.970. The summed E-state index contributed by atoms with van der Waals surface area (Å²) in [6, 6.07) is 0. The van der Waals surface area contributed by atoms with E-state index in [1.165, 1.54) is 146 Å². The number of hydrogen-bond acceptors (Lipinski definition) is 2. The van der Waals surface area contributed by atoms with E-state index in [-0.39, 0.29) is 6.42 Å². The number of quaternary nitrogens is 1. The van der Waals surface area contributed by atoms with Gasteiger partial charge in [-0.25, -0.2) is 0 Å². The number of carboxylic acid groups (broad SMARTS) is 1. The van der Waals surface area contributed by atoms with E-state index in [9.17, 15) is 9.90 Å². The quantitative estimate of drug-likeness (QED) is 0.0856. The van der Waals surface area contributed by atoms with Crippen molar-refractivity contribution in [2.75, 3.05) is 27.2 Å². The van der Waals surface area contributed by atoms with E-state index in [4.69, 9.17) is 0 Å². The molecule has 0 amide bonds. The summed E-state index contributed by atoms with van der Waals surface area (Å²) >= 11 is 0. The van der Waals surface area contributed by atoms with Gasteiger partial charge in [0, 0.05) is 5.97 Å². The van der Waals surface area contributed by atoms with E-state index in [0.29, 0.717) is 0 Å². The molecule has 0 aliphatic heterocycles. The summed E-state index contributed by atoms with van der Waals surface area (Å²) in [6.07, 6.45) is 29.8. The summed E-state index contributed by atoms with van der Waals surface area (Å²) in [4.78, 5) is 10.1. The van der Waals surface area contributed by atoms with Crippen LogP contribution in [0.4, 0.5) is 0 Å². The molecule has 0 saturated heterocycles. The van der Waals surface area contributed by atoms with E-state index in [1.54, 1.807) is 0 Å². The van der Waals surface area contributed by atoms with Gasteiger partial charge in [-0.1, -0.05) is 137 Å². The Bertz CT molecular complexity index is 433. The van der Waals surface area contributed by atoms with Crippen molar-refractivity contribution in [3.05, 3.63) is 0 Å². The minimum Gasteiger partial charge on any atom is -0.550 e. The van der Waals surface area contributed by atoms with Crippen LogP contribution in [0, 0.1) is 5.92 Å². The van der Waals surface area contributed by atoms with Crippen LogP contribution in [0.5, 0.6) is 0 Å². The van der Waals surface area contributed by atoms with Gasteiger partial charge in [0.15, 0.2) is 0 Å². The standard InChI is InChI=1S/C21H46N.C12H24O2/c1-6-7-8-9-10-11-13-16-19-22(4,5)20-17-14-12-15-18-21(2)3;1-2-3-4-5-6-7-8-9-10-11-12(13)14/h21H,6-20H2,1-5H3;2-11H2,1H3,(H,13,14)/q+1;/p-1. The van der Waals surface area contributed by atoms with Crippen molar-refractivity contribution in [2.24, 2.45) is 5.92 Å². The highest BCUT2D eigenvalue weighted by molar-refractivity contribution is 5.64. The summed E-state index contributed by atoms with van der Waals surface area (Å²) in [5.41, 5.74) is 0. The minimum absolute atomic E-state index is 0.232. The van der Waals surface area contributed by atoms with Gasteiger partial charge in [0.25, 0.3) is 0 Å². The normalized spacial score (nSPS) is 11.5. The number of carbonyl (C=O) groups is 1. The molecule has 3 nitrogen and oxygen atoms in total. The molecule has 0 aliphatic rings. The van der Waals surface area contributed by atoms with Crippen LogP contribution in [0.2, 0.25) is 0 Å². The number of carboxylic acids is 1. The van der Waals surface area contributed by atoms with Crippen molar-refractivity contribution in [3.63, 3.8) is 0 Å². The summed E-state index contributed by atoms with van der Waals surface area (Å²) in [5, 5.41) is 10.1. The SMILES string of the molecule is CCCCCCCCCCCC(=O)[O-].CCCCCCCCCC[N+](C)(C)CCCCCCC(C)C. The smallest absolute Gasteiger partial charge is 0.0782 e. The predicted octanol–water partition coefficient (Wildman–Crippen LogP) is 9.47. The maximum atomic E-state index is 10.1. The van der Waals surface area contributed by atoms with Gasteiger partial charge < -0.3 is 14.4 Å². The second kappa shape index (κ2) is 29.0. The first-order valence-corrected chi connectivity index (χ1v) is 16.3. The fourth-order valence-corrected chi connectivity index (χ4v) is 4.81. The van der Waals surface area contributed by atoms with Crippen molar-refractivity contribution in [1.29, 1.82) is 0 Å². The Morgan fingerprint density at radius 3 is 1.25 bits per heavy atom. The molecular weight excluding hydrogens is 442 g/mol. The Labute approximate surface area is 228 Å². The Kier molecular flexibility index (Phi) is 30.3. The molecule has 0 heterocycles. The van der Waals surface area contributed by atoms with E-state index < -0.39 is 5.97 Å². The lowest BCUT2D eigenvalue weighted by molar-refractivity contribution is -0.890. The Morgan fingerprint density at radius 2 is 0.889 bits per heavy atom. The van der Waals surface area contributed by atoms with Crippen LogP contribution in [0.15, 0.2) is 0 Å². The van der Waals surface area contributed by atoms with E-state index in [0.717, 1.165) is 18.8 Å². The monoisotopic (exact) mass is 512 g/mol. The highest BCUT2D eigenvalue weighted by Crippen LogP contribution is 2.13. The molecule has 0 aromatic rings. The second-order valence-electron chi connectivity index (χ2n) is 12.4. The van der Waals surface area contributed by atoms with Crippen LogP contribution in [-0.4, -0.2) is 37.6 Å². The molecule has 0 spiro atoms. The zero-order valence-corrected chi connectivity index (χ0v) is 26.0. The molecule has 0 saturated carbocycles. The third-order valence-electron chi connectivity index (χ3n) is 7.40. The molecule has 0 aromatic heterocycles. The lowest BCUT2D eigenvalue weighted by Gasteiger charge is -2.30. The molecule has 0 fully saturated rings. The van der Waals surface area contributed by atoms with Crippen molar-refractivity contribution in [1.82, 2.24) is 0 Å². The number of hydrogen-bond donors (Lipinski definition) is 0. The molecule has 0 aromatic carbocycles. The summed E-state index contributed by atoms with van der Waals surface area (Å²) in [5.74, 6) is -0.0258. The fourth-order valence-electron chi connectivity index (χ4n) is 4.81. The lowest BCUT2D eigenvalue weighted by Crippen LogP contribution is -2.41. The van der Waals surface area contributed by atoms with Crippen molar-refractivity contribution >= 4 is 5.97 Å². The van der Waals surface area contributed by atoms with Crippen LogP contribution in [0.3, 0.4) is 0 Å². The van der Waals surface area contributed by atoms with Crippen LogP contribution < -0.4 is 5.11 Å². The highest BCUT2D eigenvalue weighted by Gasteiger charge is 2.13. The number of nitrogens with zero attached hydrogens (tertiary/aromatic N) is 1. The first-order valence-electron chi connectivity index (χ1n) is 16.3. The molecule has 0 radical (unpaired) electrons. The molecule has 0 rings (SSSR count). The molecule has 0 bridgehead atoms. The molecular formula is C33H69NO2. The first-order chi connectivity index (χ1) is 17.2. The molecule has 218 valence electrons. The summed E-state index contributed by atoms with van der Waals surface area (Å²) < 4.78 is 1.24. The van der Waals surface area contributed by atoms with Gasteiger partial charge in [0.05, 0.1) is 27.2 Å². The van der Waals surface area contributed by atoms with Gasteiger partial charge in [-0.05, 0) is 44.4 Å². The zero-order valence-electron chi connectivity index (χ0n) is 26.0. The molecule has 3 heteroatoms. The number of carbonyl (C=O) groups excluding carboxylic acids is 1. The molecule has 0 N–H and O–H groups in total. The van der Waals surface area contributed by atoms with Crippen molar-refractivity contribution in [3.8, 4) is 0 Å². The maximum Gasteiger partial charge on any atom is 0.0782 e. The topological polar surface area (TPSA) is 40.1 Å². The number of unbranched alkanes of at least 4 members (excludes halogenated alkanes) is 18. The van der Waals surface area contributed by atoms with Crippen LogP contribution >= 0.6 is 0 Å². The molecule has 0 aliphatic carbocycles. The van der Waals surface area contributed by atoms with E-state index in [1.807, 2.05) is 0 Å².